The molecule has 0 heterocycles. The summed E-state index contributed by atoms with van der Waals surface area (Å²) in [5, 5.41) is 9.21. The van der Waals surface area contributed by atoms with Gasteiger partial charge in [-0.25, -0.2) is 13.1 Å². The van der Waals surface area contributed by atoms with E-state index in [1.807, 2.05) is 26.8 Å². The minimum absolute atomic E-state index is 0.191. The highest BCUT2D eigenvalue weighted by molar-refractivity contribution is 7.89. The van der Waals surface area contributed by atoms with Gasteiger partial charge < -0.3 is 5.11 Å². The lowest BCUT2D eigenvalue weighted by Gasteiger charge is -2.18. The molecule has 0 aromatic heterocycles. The average molecular weight is 271 g/mol. The predicted octanol–water partition coefficient (Wildman–Crippen LogP) is 1.68. The smallest absolute Gasteiger partial charge is 0.240 e. The van der Waals surface area contributed by atoms with Gasteiger partial charge in [-0.3, -0.25) is 0 Å². The monoisotopic (exact) mass is 271 g/mol. The molecule has 0 saturated carbocycles. The van der Waals surface area contributed by atoms with Crippen LogP contribution in [0, 0.1) is 12.8 Å². The van der Waals surface area contributed by atoms with Crippen molar-refractivity contribution in [1.29, 1.82) is 0 Å². The van der Waals surface area contributed by atoms with Crippen molar-refractivity contribution in [3.8, 4) is 0 Å². The lowest BCUT2D eigenvalue weighted by molar-refractivity contribution is 0.240. The first-order valence-corrected chi connectivity index (χ1v) is 7.53. The van der Waals surface area contributed by atoms with Gasteiger partial charge in [0.15, 0.2) is 0 Å². The van der Waals surface area contributed by atoms with Crippen LogP contribution in [0.2, 0.25) is 0 Å². The van der Waals surface area contributed by atoms with Crippen LogP contribution in [0.15, 0.2) is 29.2 Å². The Bertz CT molecular complexity index is 483. The molecule has 0 amide bonds. The maximum Gasteiger partial charge on any atom is 0.240 e. The molecule has 5 heteroatoms. The van der Waals surface area contributed by atoms with Crippen molar-refractivity contribution in [2.45, 2.75) is 38.1 Å². The number of nitrogens with one attached hydrogen (secondary N) is 1. The predicted molar refractivity (Wildman–Crippen MR) is 71.8 cm³/mol. The van der Waals surface area contributed by atoms with Crippen LogP contribution in [0.3, 0.4) is 0 Å². The summed E-state index contributed by atoms with van der Waals surface area (Å²) in [6.07, 6.45) is 0.613. The molecule has 1 aromatic rings. The molecular weight excluding hydrogens is 250 g/mol. The Labute approximate surface area is 109 Å². The fourth-order valence-corrected chi connectivity index (χ4v) is 3.14. The fourth-order valence-electron chi connectivity index (χ4n) is 1.80. The van der Waals surface area contributed by atoms with Crippen LogP contribution in [0.5, 0.6) is 0 Å². The van der Waals surface area contributed by atoms with Gasteiger partial charge in [0, 0.05) is 6.04 Å². The molecule has 18 heavy (non-hydrogen) atoms. The third-order valence-corrected chi connectivity index (χ3v) is 4.12. The van der Waals surface area contributed by atoms with Crippen LogP contribution >= 0.6 is 0 Å². The van der Waals surface area contributed by atoms with Crippen molar-refractivity contribution >= 4 is 10.0 Å². The molecule has 0 saturated heterocycles. The second kappa shape index (κ2) is 6.31. The Morgan fingerprint density at radius 1 is 1.33 bits per heavy atom. The zero-order valence-electron chi connectivity index (χ0n) is 11.1. The SMILES string of the molecule is Cc1cccc(S(=O)(=O)NC(CO)CC(C)C)c1. The van der Waals surface area contributed by atoms with E-state index in [4.69, 9.17) is 0 Å². The molecular formula is C13H21NO3S. The molecule has 1 aromatic carbocycles. The van der Waals surface area contributed by atoms with Crippen molar-refractivity contribution in [2.75, 3.05) is 6.61 Å². The second-order valence-electron chi connectivity index (χ2n) is 4.95. The van der Waals surface area contributed by atoms with Crippen molar-refractivity contribution in [3.05, 3.63) is 29.8 Å². The normalized spacial score (nSPS) is 13.8. The number of aryl methyl sites for hydroxylation is 1. The molecule has 102 valence electrons. The van der Waals surface area contributed by atoms with Gasteiger partial charge in [0.2, 0.25) is 10.0 Å². The molecule has 4 nitrogen and oxygen atoms in total. The van der Waals surface area contributed by atoms with Crippen molar-refractivity contribution in [1.82, 2.24) is 4.72 Å². The third-order valence-electron chi connectivity index (χ3n) is 2.60. The van der Waals surface area contributed by atoms with E-state index in [1.54, 1.807) is 18.2 Å². The van der Waals surface area contributed by atoms with E-state index in [9.17, 15) is 13.5 Å². The third kappa shape index (κ3) is 4.40. The minimum Gasteiger partial charge on any atom is -0.395 e. The zero-order chi connectivity index (χ0) is 13.8. The molecule has 1 atom stereocenters. The summed E-state index contributed by atoms with van der Waals surface area (Å²) < 4.78 is 26.8. The van der Waals surface area contributed by atoms with Gasteiger partial charge in [0.05, 0.1) is 11.5 Å². The minimum atomic E-state index is -3.55. The van der Waals surface area contributed by atoms with E-state index >= 15 is 0 Å². The summed E-state index contributed by atoms with van der Waals surface area (Å²) in [6.45, 7) is 5.63. The van der Waals surface area contributed by atoms with E-state index in [-0.39, 0.29) is 11.5 Å². The number of hydrogen-bond acceptors (Lipinski definition) is 3. The summed E-state index contributed by atoms with van der Waals surface area (Å²) in [5.74, 6) is 0.322. The number of benzene rings is 1. The average Bonchev–Trinajstić information content (AvgIpc) is 2.27. The summed E-state index contributed by atoms with van der Waals surface area (Å²) in [5.41, 5.74) is 0.891. The largest absolute Gasteiger partial charge is 0.395 e. The molecule has 0 radical (unpaired) electrons. The lowest BCUT2D eigenvalue weighted by Crippen LogP contribution is -2.38. The molecule has 1 rings (SSSR count). The molecule has 0 bridgehead atoms. The maximum atomic E-state index is 12.1. The molecule has 0 fully saturated rings. The molecule has 0 aliphatic heterocycles. The Morgan fingerprint density at radius 2 is 2.00 bits per heavy atom. The van der Waals surface area contributed by atoms with Crippen LogP contribution in [-0.2, 0) is 10.0 Å². The highest BCUT2D eigenvalue weighted by Gasteiger charge is 2.20. The quantitative estimate of drug-likeness (QED) is 0.827. The maximum absolute atomic E-state index is 12.1. The van der Waals surface area contributed by atoms with Crippen LogP contribution in [0.25, 0.3) is 0 Å². The van der Waals surface area contributed by atoms with Gasteiger partial charge in [0.25, 0.3) is 0 Å². The van der Waals surface area contributed by atoms with Crippen LogP contribution in [-0.4, -0.2) is 26.2 Å². The zero-order valence-corrected chi connectivity index (χ0v) is 11.9. The van der Waals surface area contributed by atoms with Gasteiger partial charge in [-0.05, 0) is 37.0 Å². The topological polar surface area (TPSA) is 66.4 Å². The van der Waals surface area contributed by atoms with Crippen molar-refractivity contribution in [2.24, 2.45) is 5.92 Å². The number of rotatable bonds is 6. The van der Waals surface area contributed by atoms with Crippen LogP contribution < -0.4 is 4.72 Å². The van der Waals surface area contributed by atoms with Gasteiger partial charge in [-0.1, -0.05) is 26.0 Å². The van der Waals surface area contributed by atoms with Gasteiger partial charge in [0.1, 0.15) is 0 Å². The Balaban J connectivity index is 2.87. The standard InChI is InChI=1S/C13H21NO3S/c1-10(2)7-12(9-15)14-18(16,17)13-6-4-5-11(3)8-13/h4-6,8,10,12,14-15H,7,9H2,1-3H3. The summed E-state index contributed by atoms with van der Waals surface area (Å²) in [6, 6.07) is 6.29. The van der Waals surface area contributed by atoms with Gasteiger partial charge in [-0.15, -0.1) is 0 Å². The van der Waals surface area contributed by atoms with E-state index in [1.165, 1.54) is 0 Å². The number of sulfonamides is 1. The number of hydrogen-bond donors (Lipinski definition) is 2. The highest BCUT2D eigenvalue weighted by atomic mass is 32.2. The Hall–Kier alpha value is -0.910. The van der Waals surface area contributed by atoms with Gasteiger partial charge >= 0.3 is 0 Å². The molecule has 1 unspecified atom stereocenters. The van der Waals surface area contributed by atoms with Crippen molar-refractivity contribution in [3.63, 3.8) is 0 Å². The van der Waals surface area contributed by atoms with Crippen LogP contribution in [0.4, 0.5) is 0 Å². The molecule has 0 aliphatic carbocycles. The lowest BCUT2D eigenvalue weighted by atomic mass is 10.1. The fraction of sp³-hybridized carbons (Fsp3) is 0.538. The first-order valence-electron chi connectivity index (χ1n) is 6.05. The molecule has 0 aliphatic rings. The van der Waals surface area contributed by atoms with E-state index in [0.29, 0.717) is 12.3 Å². The van der Waals surface area contributed by atoms with Crippen molar-refractivity contribution < 1.29 is 13.5 Å². The van der Waals surface area contributed by atoms with Crippen LogP contribution in [0.1, 0.15) is 25.8 Å². The van der Waals surface area contributed by atoms with E-state index < -0.39 is 16.1 Å². The van der Waals surface area contributed by atoms with E-state index in [2.05, 4.69) is 4.72 Å². The summed E-state index contributed by atoms with van der Waals surface area (Å²) >= 11 is 0. The van der Waals surface area contributed by atoms with Gasteiger partial charge in [-0.2, -0.15) is 0 Å². The number of aliphatic hydroxyl groups is 1. The first kappa shape index (κ1) is 15.1. The molecule has 2 N–H and O–H groups in total. The summed E-state index contributed by atoms with van der Waals surface area (Å²) in [7, 11) is -3.55. The number of aliphatic hydroxyl groups excluding tert-OH is 1. The Kier molecular flexibility index (Phi) is 5.31. The second-order valence-corrected chi connectivity index (χ2v) is 6.66. The highest BCUT2D eigenvalue weighted by Crippen LogP contribution is 2.13. The summed E-state index contributed by atoms with van der Waals surface area (Å²) in [4.78, 5) is 0.240. The first-order chi connectivity index (χ1) is 8.35. The Morgan fingerprint density at radius 3 is 2.50 bits per heavy atom. The van der Waals surface area contributed by atoms with E-state index in [0.717, 1.165) is 5.56 Å². The molecule has 0 spiro atoms.